The van der Waals surface area contributed by atoms with Crippen LogP contribution in [-0.4, -0.2) is 18.8 Å². The highest BCUT2D eigenvalue weighted by atomic mass is 16.5. The van der Waals surface area contributed by atoms with Gasteiger partial charge in [-0.05, 0) is 25.3 Å². The molecule has 0 saturated heterocycles. The van der Waals surface area contributed by atoms with Crippen LogP contribution in [0.4, 0.5) is 0 Å². The van der Waals surface area contributed by atoms with Gasteiger partial charge in [-0.25, -0.2) is 0 Å². The summed E-state index contributed by atoms with van der Waals surface area (Å²) in [4.78, 5) is 0. The van der Waals surface area contributed by atoms with Gasteiger partial charge in [0.25, 0.3) is 0 Å². The Hall–Kier alpha value is -0.860. The Kier molecular flexibility index (Phi) is 3.75. The Balaban J connectivity index is 1.64. The summed E-state index contributed by atoms with van der Waals surface area (Å²) >= 11 is 0. The Morgan fingerprint density at radius 3 is 2.40 bits per heavy atom. The number of rotatable bonds is 5. The van der Waals surface area contributed by atoms with Crippen LogP contribution in [0.1, 0.15) is 25.3 Å². The van der Waals surface area contributed by atoms with Crippen LogP contribution in [0, 0.1) is 0 Å². The maximum Gasteiger partial charge on any atom is 0.0720 e. The predicted molar refractivity (Wildman–Crippen MR) is 59.7 cm³/mol. The quantitative estimate of drug-likeness (QED) is 0.737. The van der Waals surface area contributed by atoms with Crippen molar-refractivity contribution in [2.45, 2.75) is 38.6 Å². The maximum atomic E-state index is 5.76. The minimum Gasteiger partial charge on any atom is -0.378 e. The Morgan fingerprint density at radius 1 is 1.07 bits per heavy atom. The van der Waals surface area contributed by atoms with Crippen molar-refractivity contribution < 1.29 is 9.47 Å². The lowest BCUT2D eigenvalue weighted by molar-refractivity contribution is -0.104. The molecule has 0 N–H and O–H groups in total. The third kappa shape index (κ3) is 3.05. The predicted octanol–water partition coefficient (Wildman–Crippen LogP) is 2.77. The second-order valence-electron chi connectivity index (χ2n) is 3.97. The lowest BCUT2D eigenvalue weighted by atomic mass is 9.92. The summed E-state index contributed by atoms with van der Waals surface area (Å²) in [6, 6.07) is 10.3. The lowest BCUT2D eigenvalue weighted by Crippen LogP contribution is -2.37. The van der Waals surface area contributed by atoms with Crippen LogP contribution < -0.4 is 0 Å². The second kappa shape index (κ2) is 5.29. The SMILES string of the molecule is CCO[C@H]1C[C@@H](OCc2ccccc2)C1. The minimum atomic E-state index is 0.404. The van der Waals surface area contributed by atoms with E-state index in [1.165, 1.54) is 5.56 Å². The highest BCUT2D eigenvalue weighted by Crippen LogP contribution is 2.26. The normalized spacial score (nSPS) is 24.9. The molecule has 1 aliphatic rings. The molecule has 1 aliphatic carbocycles. The summed E-state index contributed by atoms with van der Waals surface area (Å²) in [6.45, 7) is 3.58. The zero-order chi connectivity index (χ0) is 10.5. The fourth-order valence-corrected chi connectivity index (χ4v) is 1.81. The van der Waals surface area contributed by atoms with E-state index >= 15 is 0 Å². The van der Waals surface area contributed by atoms with Crippen molar-refractivity contribution in [1.29, 1.82) is 0 Å². The molecule has 1 fully saturated rings. The molecule has 0 aromatic heterocycles. The molecule has 0 bridgehead atoms. The molecular weight excluding hydrogens is 188 g/mol. The van der Waals surface area contributed by atoms with Crippen LogP contribution >= 0.6 is 0 Å². The largest absolute Gasteiger partial charge is 0.378 e. The van der Waals surface area contributed by atoms with Gasteiger partial charge in [0.05, 0.1) is 18.8 Å². The van der Waals surface area contributed by atoms with Crippen molar-refractivity contribution in [3.63, 3.8) is 0 Å². The Labute approximate surface area is 91.2 Å². The number of hydrogen-bond donors (Lipinski definition) is 0. The van der Waals surface area contributed by atoms with Crippen molar-refractivity contribution in [3.8, 4) is 0 Å². The summed E-state index contributed by atoms with van der Waals surface area (Å²) in [5, 5.41) is 0. The van der Waals surface area contributed by atoms with Gasteiger partial charge in [0.1, 0.15) is 0 Å². The molecule has 82 valence electrons. The third-order valence-electron chi connectivity index (χ3n) is 2.78. The summed E-state index contributed by atoms with van der Waals surface area (Å²) < 4.78 is 11.2. The molecule has 0 amide bonds. The van der Waals surface area contributed by atoms with Crippen molar-refractivity contribution >= 4 is 0 Å². The first-order valence-corrected chi connectivity index (χ1v) is 5.65. The first-order chi connectivity index (χ1) is 7.38. The van der Waals surface area contributed by atoms with Gasteiger partial charge in [-0.3, -0.25) is 0 Å². The monoisotopic (exact) mass is 206 g/mol. The van der Waals surface area contributed by atoms with E-state index < -0.39 is 0 Å². The fraction of sp³-hybridized carbons (Fsp3) is 0.538. The molecule has 0 heterocycles. The summed E-state index contributed by atoms with van der Waals surface area (Å²) in [5.74, 6) is 0. The molecule has 0 atom stereocenters. The van der Waals surface area contributed by atoms with Crippen LogP contribution in [-0.2, 0) is 16.1 Å². The topological polar surface area (TPSA) is 18.5 Å². The first-order valence-electron chi connectivity index (χ1n) is 5.65. The smallest absolute Gasteiger partial charge is 0.0720 e. The molecule has 2 nitrogen and oxygen atoms in total. The molecule has 1 aromatic rings. The van der Waals surface area contributed by atoms with E-state index in [0.717, 1.165) is 26.1 Å². The van der Waals surface area contributed by atoms with Crippen LogP contribution in [0.15, 0.2) is 30.3 Å². The van der Waals surface area contributed by atoms with Gasteiger partial charge in [-0.1, -0.05) is 30.3 Å². The molecule has 1 aromatic carbocycles. The molecule has 2 rings (SSSR count). The zero-order valence-electron chi connectivity index (χ0n) is 9.19. The number of ether oxygens (including phenoxy) is 2. The Bertz CT molecular complexity index is 278. The van der Waals surface area contributed by atoms with Gasteiger partial charge in [-0.2, -0.15) is 0 Å². The molecule has 1 saturated carbocycles. The molecule has 2 heteroatoms. The van der Waals surface area contributed by atoms with Crippen molar-refractivity contribution in [2.75, 3.05) is 6.61 Å². The number of benzene rings is 1. The van der Waals surface area contributed by atoms with Gasteiger partial charge in [0.2, 0.25) is 0 Å². The van der Waals surface area contributed by atoms with Gasteiger partial charge in [-0.15, -0.1) is 0 Å². The van der Waals surface area contributed by atoms with E-state index in [2.05, 4.69) is 12.1 Å². The lowest BCUT2D eigenvalue weighted by Gasteiger charge is -2.34. The van der Waals surface area contributed by atoms with E-state index in [0.29, 0.717) is 12.2 Å². The maximum absolute atomic E-state index is 5.76. The molecule has 0 aliphatic heterocycles. The minimum absolute atomic E-state index is 0.404. The standard InChI is InChI=1S/C13H18O2/c1-2-14-12-8-13(9-12)15-10-11-6-4-3-5-7-11/h3-7,12-13H,2,8-10H2,1H3/t12-,13+. The average molecular weight is 206 g/mol. The van der Waals surface area contributed by atoms with Crippen molar-refractivity contribution in [3.05, 3.63) is 35.9 Å². The first kappa shape index (κ1) is 10.7. The van der Waals surface area contributed by atoms with Crippen LogP contribution in [0.5, 0.6) is 0 Å². The molecule has 0 unspecified atom stereocenters. The fourth-order valence-electron chi connectivity index (χ4n) is 1.81. The summed E-state index contributed by atoms with van der Waals surface area (Å²) in [6.07, 6.45) is 2.96. The Morgan fingerprint density at radius 2 is 1.73 bits per heavy atom. The summed E-state index contributed by atoms with van der Waals surface area (Å²) in [5.41, 5.74) is 1.25. The van der Waals surface area contributed by atoms with Gasteiger partial charge < -0.3 is 9.47 Å². The van der Waals surface area contributed by atoms with E-state index in [-0.39, 0.29) is 0 Å². The van der Waals surface area contributed by atoms with Crippen molar-refractivity contribution in [1.82, 2.24) is 0 Å². The van der Waals surface area contributed by atoms with Crippen LogP contribution in [0.3, 0.4) is 0 Å². The molecule has 0 spiro atoms. The van der Waals surface area contributed by atoms with Gasteiger partial charge >= 0.3 is 0 Å². The van der Waals surface area contributed by atoms with E-state index in [1.54, 1.807) is 0 Å². The highest BCUT2D eigenvalue weighted by Gasteiger charge is 2.30. The van der Waals surface area contributed by atoms with Gasteiger partial charge in [0.15, 0.2) is 0 Å². The zero-order valence-corrected chi connectivity index (χ0v) is 9.19. The number of hydrogen-bond acceptors (Lipinski definition) is 2. The highest BCUT2D eigenvalue weighted by molar-refractivity contribution is 5.13. The van der Waals surface area contributed by atoms with Crippen LogP contribution in [0.2, 0.25) is 0 Å². The molecule has 15 heavy (non-hydrogen) atoms. The third-order valence-corrected chi connectivity index (χ3v) is 2.78. The second-order valence-corrected chi connectivity index (χ2v) is 3.97. The van der Waals surface area contributed by atoms with E-state index in [1.807, 2.05) is 25.1 Å². The van der Waals surface area contributed by atoms with E-state index in [4.69, 9.17) is 9.47 Å². The van der Waals surface area contributed by atoms with E-state index in [9.17, 15) is 0 Å². The summed E-state index contributed by atoms with van der Waals surface area (Å²) in [7, 11) is 0. The molecular formula is C13H18O2. The van der Waals surface area contributed by atoms with Crippen LogP contribution in [0.25, 0.3) is 0 Å². The van der Waals surface area contributed by atoms with Gasteiger partial charge in [0, 0.05) is 6.61 Å². The average Bonchev–Trinajstić information content (AvgIpc) is 2.23. The molecule has 0 radical (unpaired) electrons. The van der Waals surface area contributed by atoms with Crippen molar-refractivity contribution in [2.24, 2.45) is 0 Å².